The molecule has 33 heavy (non-hydrogen) atoms. The summed E-state index contributed by atoms with van der Waals surface area (Å²) in [6.45, 7) is 4.78. The maximum Gasteiger partial charge on any atom is 0.416 e. The van der Waals surface area contributed by atoms with Crippen molar-refractivity contribution in [3.8, 4) is 0 Å². The topological polar surface area (TPSA) is 78.4 Å². The van der Waals surface area contributed by atoms with Gasteiger partial charge in [-0.1, -0.05) is 0 Å². The van der Waals surface area contributed by atoms with Gasteiger partial charge in [-0.05, 0) is 70.8 Å². The molecule has 4 atom stereocenters. The number of nitrogens with one attached hydrogen (secondary N) is 1. The average Bonchev–Trinajstić information content (AvgIpc) is 3.11. The molecule has 1 unspecified atom stereocenters. The smallest absolute Gasteiger partial charge is 0.339 e. The van der Waals surface area contributed by atoms with E-state index >= 15 is 0 Å². The lowest BCUT2D eigenvalue weighted by atomic mass is 9.81. The molecule has 0 spiro atoms. The van der Waals surface area contributed by atoms with Gasteiger partial charge in [-0.2, -0.15) is 13.2 Å². The molecule has 1 N–H and O–H groups in total. The Bertz CT molecular complexity index is 1060. The summed E-state index contributed by atoms with van der Waals surface area (Å²) in [5.74, 6) is -0.778. The van der Waals surface area contributed by atoms with Gasteiger partial charge in [-0.3, -0.25) is 9.59 Å². The number of amides is 2. The van der Waals surface area contributed by atoms with E-state index in [-0.39, 0.29) is 34.5 Å². The Morgan fingerprint density at radius 2 is 1.97 bits per heavy atom. The number of benzene rings is 1. The highest BCUT2D eigenvalue weighted by Gasteiger charge is 2.41. The standard InChI is InChI=1S/C23H27F3N5O2/c1-13-10-15(30(2)3)5-7-19(13)31-9-8-18(22(31)33)29-21(32)20-16-11-14(23(24,25)26)4-6-17(16)27-12-28-20/h4,6,11-13,15,18-19H,1,5,7-10H2,2-3H3,(H,29,32)/t13-,15-,18?,19+/m1/s1. The number of hydrogen-bond donors (Lipinski definition) is 1. The van der Waals surface area contributed by atoms with Crippen LogP contribution in [0.5, 0.6) is 0 Å². The zero-order valence-electron chi connectivity index (χ0n) is 18.6. The molecule has 2 fully saturated rings. The fourth-order valence-corrected chi connectivity index (χ4v) is 4.91. The number of aromatic nitrogens is 2. The third-order valence-corrected chi connectivity index (χ3v) is 6.77. The maximum atomic E-state index is 13.1. The first-order valence-electron chi connectivity index (χ1n) is 11.0. The van der Waals surface area contributed by atoms with Crippen LogP contribution in [0.15, 0.2) is 24.5 Å². The van der Waals surface area contributed by atoms with Crippen LogP contribution in [0.2, 0.25) is 0 Å². The first kappa shape index (κ1) is 23.4. The number of halogens is 3. The Balaban J connectivity index is 1.49. The van der Waals surface area contributed by atoms with Gasteiger partial charge in [-0.25, -0.2) is 9.97 Å². The molecule has 1 aliphatic carbocycles. The monoisotopic (exact) mass is 462 g/mol. The summed E-state index contributed by atoms with van der Waals surface area (Å²) in [6.07, 6.45) is -0.284. The van der Waals surface area contributed by atoms with E-state index < -0.39 is 23.7 Å². The van der Waals surface area contributed by atoms with Crippen molar-refractivity contribution < 1.29 is 22.8 Å². The molecule has 2 aromatic rings. The van der Waals surface area contributed by atoms with Crippen LogP contribution < -0.4 is 5.32 Å². The van der Waals surface area contributed by atoms with E-state index in [9.17, 15) is 22.8 Å². The zero-order chi connectivity index (χ0) is 23.9. The molecule has 7 nitrogen and oxygen atoms in total. The van der Waals surface area contributed by atoms with Gasteiger partial charge in [0.1, 0.15) is 18.1 Å². The second kappa shape index (κ2) is 8.89. The second-order valence-corrected chi connectivity index (χ2v) is 9.06. The molecule has 2 aliphatic rings. The fourth-order valence-electron chi connectivity index (χ4n) is 4.91. The molecular formula is C23H27F3N5O2. The Kier molecular flexibility index (Phi) is 6.30. The van der Waals surface area contributed by atoms with Crippen LogP contribution in [0.3, 0.4) is 0 Å². The van der Waals surface area contributed by atoms with Gasteiger partial charge in [0.2, 0.25) is 5.91 Å². The third-order valence-electron chi connectivity index (χ3n) is 6.77. The number of carbonyl (C=O) groups is 2. The van der Waals surface area contributed by atoms with Crippen molar-refractivity contribution in [1.82, 2.24) is 25.1 Å². The second-order valence-electron chi connectivity index (χ2n) is 9.06. The van der Waals surface area contributed by atoms with Gasteiger partial charge in [-0.15, -0.1) is 0 Å². The van der Waals surface area contributed by atoms with Gasteiger partial charge < -0.3 is 15.1 Å². The largest absolute Gasteiger partial charge is 0.416 e. The molecule has 0 bridgehead atoms. The van der Waals surface area contributed by atoms with Crippen molar-refractivity contribution in [3.63, 3.8) is 0 Å². The Morgan fingerprint density at radius 1 is 1.21 bits per heavy atom. The summed E-state index contributed by atoms with van der Waals surface area (Å²) < 4.78 is 39.4. The number of carbonyl (C=O) groups excluding carboxylic acids is 2. The van der Waals surface area contributed by atoms with E-state index in [1.165, 1.54) is 6.07 Å². The Hall–Kier alpha value is -2.75. The van der Waals surface area contributed by atoms with Gasteiger partial charge in [0, 0.05) is 24.0 Å². The van der Waals surface area contributed by atoms with Crippen LogP contribution in [0.4, 0.5) is 13.2 Å². The molecule has 1 saturated carbocycles. The van der Waals surface area contributed by atoms with E-state index in [2.05, 4.69) is 27.1 Å². The maximum absolute atomic E-state index is 13.1. The van der Waals surface area contributed by atoms with E-state index in [0.717, 1.165) is 37.7 Å². The molecule has 1 saturated heterocycles. The summed E-state index contributed by atoms with van der Waals surface area (Å²) in [4.78, 5) is 37.8. The van der Waals surface area contributed by atoms with Gasteiger partial charge in [0.05, 0.1) is 11.1 Å². The lowest BCUT2D eigenvalue weighted by molar-refractivity contribution is -0.137. The molecule has 4 rings (SSSR count). The SMILES string of the molecule is [CH2][C@@H]1C[C@H](N(C)C)CC[C@@H]1N1CCC(NC(=O)c2ncnc3ccc(C(F)(F)F)cc23)C1=O. The number of rotatable bonds is 4. The molecule has 2 amide bonds. The van der Waals surface area contributed by atoms with Crippen molar-refractivity contribution in [3.05, 3.63) is 42.7 Å². The average molecular weight is 462 g/mol. The molecule has 177 valence electrons. The summed E-state index contributed by atoms with van der Waals surface area (Å²) >= 11 is 0. The minimum Gasteiger partial charge on any atom is -0.339 e. The van der Waals surface area contributed by atoms with Crippen LogP contribution in [0.25, 0.3) is 10.9 Å². The molecule has 1 aromatic heterocycles. The zero-order valence-corrected chi connectivity index (χ0v) is 18.6. The molecule has 1 radical (unpaired) electrons. The highest BCUT2D eigenvalue weighted by Crippen LogP contribution is 2.33. The van der Waals surface area contributed by atoms with Crippen molar-refractivity contribution in [2.75, 3.05) is 20.6 Å². The predicted molar refractivity (Wildman–Crippen MR) is 116 cm³/mol. The van der Waals surface area contributed by atoms with Crippen LogP contribution in [-0.2, 0) is 11.0 Å². The molecular weight excluding hydrogens is 435 g/mol. The number of alkyl halides is 3. The van der Waals surface area contributed by atoms with Crippen molar-refractivity contribution >= 4 is 22.7 Å². The predicted octanol–water partition coefficient (Wildman–Crippen LogP) is 2.91. The number of hydrogen-bond acceptors (Lipinski definition) is 5. The summed E-state index contributed by atoms with van der Waals surface area (Å²) in [7, 11) is 4.08. The highest BCUT2D eigenvalue weighted by molar-refractivity contribution is 6.05. The first-order chi connectivity index (χ1) is 15.6. The minimum atomic E-state index is -4.56. The van der Waals surface area contributed by atoms with Crippen molar-refractivity contribution in [2.24, 2.45) is 5.92 Å². The van der Waals surface area contributed by atoms with Gasteiger partial charge >= 0.3 is 6.18 Å². The molecule has 2 heterocycles. The lowest BCUT2D eigenvalue weighted by Crippen LogP contribution is -2.50. The number of nitrogens with zero attached hydrogens (tertiary/aromatic N) is 4. The van der Waals surface area contributed by atoms with E-state index in [0.29, 0.717) is 19.0 Å². The van der Waals surface area contributed by atoms with Crippen LogP contribution >= 0.6 is 0 Å². The van der Waals surface area contributed by atoms with Crippen molar-refractivity contribution in [1.29, 1.82) is 0 Å². The third kappa shape index (κ3) is 4.66. The van der Waals surface area contributed by atoms with Crippen LogP contribution in [-0.4, -0.2) is 70.3 Å². The minimum absolute atomic E-state index is 0.00745. The van der Waals surface area contributed by atoms with Crippen molar-refractivity contribution in [2.45, 2.75) is 50.0 Å². The first-order valence-corrected chi connectivity index (χ1v) is 11.0. The summed E-state index contributed by atoms with van der Waals surface area (Å²) in [5.41, 5.74) is -0.851. The van der Waals surface area contributed by atoms with E-state index in [1.54, 1.807) is 4.90 Å². The Labute approximate surface area is 190 Å². The number of fused-ring (bicyclic) bond motifs is 1. The summed E-state index contributed by atoms with van der Waals surface area (Å²) in [5, 5.41) is 2.67. The number of likely N-dealkylation sites (tertiary alicyclic amines) is 1. The highest BCUT2D eigenvalue weighted by atomic mass is 19.4. The molecule has 1 aliphatic heterocycles. The fraction of sp³-hybridized carbons (Fsp3) is 0.522. The molecule has 10 heteroatoms. The van der Waals surface area contributed by atoms with Gasteiger partial charge in [0.25, 0.3) is 5.91 Å². The Morgan fingerprint density at radius 3 is 2.64 bits per heavy atom. The van der Waals surface area contributed by atoms with E-state index in [1.807, 2.05) is 14.1 Å². The quantitative estimate of drug-likeness (QED) is 0.756. The molecule has 1 aromatic carbocycles. The van der Waals surface area contributed by atoms with E-state index in [4.69, 9.17) is 0 Å². The lowest BCUT2D eigenvalue weighted by Gasteiger charge is -2.41. The normalized spacial score (nSPS) is 26.3. The van der Waals surface area contributed by atoms with Crippen LogP contribution in [0.1, 0.15) is 41.7 Å². The van der Waals surface area contributed by atoms with Crippen LogP contribution in [0, 0.1) is 12.8 Å². The summed E-state index contributed by atoms with van der Waals surface area (Å²) in [6, 6.07) is 2.69. The van der Waals surface area contributed by atoms with Gasteiger partial charge in [0.15, 0.2) is 0 Å².